The molecule has 3 rings (SSSR count). The van der Waals surface area contributed by atoms with Crippen molar-refractivity contribution in [1.29, 1.82) is 0 Å². The summed E-state index contributed by atoms with van der Waals surface area (Å²) >= 11 is 0. The molecule has 3 heteroatoms. The first-order valence-electron chi connectivity index (χ1n) is 8.13. The van der Waals surface area contributed by atoms with E-state index in [2.05, 4.69) is 49.2 Å². The molecule has 0 spiro atoms. The molecule has 1 N–H and O–H groups in total. The first-order chi connectivity index (χ1) is 10.0. The lowest BCUT2D eigenvalue weighted by Gasteiger charge is -2.40. The van der Waals surface area contributed by atoms with Gasteiger partial charge >= 0.3 is 0 Å². The van der Waals surface area contributed by atoms with Crippen molar-refractivity contribution in [2.45, 2.75) is 38.8 Å². The van der Waals surface area contributed by atoms with E-state index in [1.54, 1.807) is 7.11 Å². The van der Waals surface area contributed by atoms with Crippen LogP contribution in [-0.4, -0.2) is 43.2 Å². The largest absolute Gasteiger partial charge is 0.496 e. The number of nitrogens with one attached hydrogen (secondary N) is 1. The lowest BCUT2D eigenvalue weighted by atomic mass is 9.84. The number of hydrogen-bond acceptors (Lipinski definition) is 3. The number of methoxy groups -OCH3 is 1. The molecule has 2 heterocycles. The SMILES string of the molecule is COc1ccccc1CC(C)N1CC2CNCC2C1(C)C. The zero-order valence-corrected chi connectivity index (χ0v) is 13.7. The highest BCUT2D eigenvalue weighted by atomic mass is 16.5. The van der Waals surface area contributed by atoms with E-state index in [4.69, 9.17) is 4.74 Å². The molecule has 0 aromatic heterocycles. The number of para-hydroxylation sites is 1. The van der Waals surface area contributed by atoms with E-state index in [0.29, 0.717) is 6.04 Å². The first kappa shape index (κ1) is 14.9. The average molecular weight is 288 g/mol. The summed E-state index contributed by atoms with van der Waals surface area (Å²) in [5.74, 6) is 2.63. The van der Waals surface area contributed by atoms with Crippen LogP contribution >= 0.6 is 0 Å². The molecule has 0 amide bonds. The fourth-order valence-electron chi connectivity index (χ4n) is 4.50. The normalized spacial score (nSPS) is 29.3. The molecular weight excluding hydrogens is 260 g/mol. The van der Waals surface area contributed by atoms with Crippen LogP contribution in [0.4, 0.5) is 0 Å². The van der Waals surface area contributed by atoms with Gasteiger partial charge in [0.2, 0.25) is 0 Å². The molecule has 0 radical (unpaired) electrons. The van der Waals surface area contributed by atoms with Crippen molar-refractivity contribution in [3.63, 3.8) is 0 Å². The highest BCUT2D eigenvalue weighted by Crippen LogP contribution is 2.42. The Morgan fingerprint density at radius 1 is 1.33 bits per heavy atom. The number of rotatable bonds is 4. The van der Waals surface area contributed by atoms with Crippen molar-refractivity contribution in [3.8, 4) is 5.75 Å². The number of benzene rings is 1. The van der Waals surface area contributed by atoms with E-state index in [-0.39, 0.29) is 5.54 Å². The number of nitrogens with zero attached hydrogens (tertiary/aromatic N) is 1. The molecule has 3 atom stereocenters. The topological polar surface area (TPSA) is 24.5 Å². The van der Waals surface area contributed by atoms with Gasteiger partial charge in [-0.15, -0.1) is 0 Å². The Hall–Kier alpha value is -1.06. The summed E-state index contributed by atoms with van der Waals surface area (Å²) in [6.45, 7) is 10.8. The third-order valence-corrected chi connectivity index (χ3v) is 5.66. The molecular formula is C18H28N2O. The molecule has 2 aliphatic heterocycles. The van der Waals surface area contributed by atoms with Gasteiger partial charge in [-0.25, -0.2) is 0 Å². The second kappa shape index (κ2) is 5.62. The molecule has 0 saturated carbocycles. The Labute approximate surface area is 128 Å². The van der Waals surface area contributed by atoms with Crippen LogP contribution < -0.4 is 10.1 Å². The standard InChI is InChI=1S/C18H28N2O/c1-13(9-14-7-5-6-8-17(14)21-4)20-12-15-10-19-11-16(15)18(20,2)3/h5-8,13,15-16,19H,9-12H2,1-4H3. The van der Waals surface area contributed by atoms with Crippen LogP contribution in [0, 0.1) is 11.8 Å². The Bertz CT molecular complexity index is 500. The van der Waals surface area contributed by atoms with Gasteiger partial charge in [0, 0.05) is 24.7 Å². The van der Waals surface area contributed by atoms with Gasteiger partial charge in [0.25, 0.3) is 0 Å². The Kier molecular flexibility index (Phi) is 3.98. The van der Waals surface area contributed by atoms with Crippen LogP contribution in [-0.2, 0) is 6.42 Å². The summed E-state index contributed by atoms with van der Waals surface area (Å²) < 4.78 is 5.51. The zero-order valence-electron chi connectivity index (χ0n) is 13.7. The summed E-state index contributed by atoms with van der Waals surface area (Å²) in [7, 11) is 1.76. The summed E-state index contributed by atoms with van der Waals surface area (Å²) in [4.78, 5) is 2.72. The molecule has 116 valence electrons. The van der Waals surface area contributed by atoms with E-state index < -0.39 is 0 Å². The minimum absolute atomic E-state index is 0.287. The average Bonchev–Trinajstić information content (AvgIpc) is 3.02. The summed E-state index contributed by atoms with van der Waals surface area (Å²) in [6, 6.07) is 8.96. The molecule has 2 saturated heterocycles. The lowest BCUT2D eigenvalue weighted by molar-refractivity contribution is 0.0967. The summed E-state index contributed by atoms with van der Waals surface area (Å²) in [5.41, 5.74) is 1.61. The molecule has 21 heavy (non-hydrogen) atoms. The van der Waals surface area contributed by atoms with Gasteiger partial charge in [-0.2, -0.15) is 0 Å². The Morgan fingerprint density at radius 2 is 2.10 bits per heavy atom. The second-order valence-electron chi connectivity index (χ2n) is 7.20. The van der Waals surface area contributed by atoms with Gasteiger partial charge in [-0.3, -0.25) is 4.90 Å². The monoisotopic (exact) mass is 288 g/mol. The van der Waals surface area contributed by atoms with E-state index in [0.717, 1.165) is 24.0 Å². The molecule has 3 unspecified atom stereocenters. The molecule has 2 fully saturated rings. The minimum atomic E-state index is 0.287. The minimum Gasteiger partial charge on any atom is -0.496 e. The molecule has 2 aliphatic rings. The van der Waals surface area contributed by atoms with Crippen LogP contribution in [0.15, 0.2) is 24.3 Å². The summed E-state index contributed by atoms with van der Waals surface area (Å²) in [5, 5.41) is 3.56. The second-order valence-corrected chi connectivity index (χ2v) is 7.20. The maximum atomic E-state index is 5.51. The van der Waals surface area contributed by atoms with Gasteiger partial charge in [-0.05, 0) is 57.2 Å². The van der Waals surface area contributed by atoms with Crippen LogP contribution in [0.1, 0.15) is 26.3 Å². The van der Waals surface area contributed by atoms with Crippen molar-refractivity contribution in [2.75, 3.05) is 26.7 Å². The predicted molar refractivity (Wildman–Crippen MR) is 86.8 cm³/mol. The molecule has 0 bridgehead atoms. The van der Waals surface area contributed by atoms with Crippen molar-refractivity contribution >= 4 is 0 Å². The number of likely N-dealkylation sites (tertiary alicyclic amines) is 1. The molecule has 1 aromatic carbocycles. The molecule has 3 nitrogen and oxygen atoms in total. The number of ether oxygens (including phenoxy) is 1. The smallest absolute Gasteiger partial charge is 0.122 e. The van der Waals surface area contributed by atoms with Gasteiger partial charge in [-0.1, -0.05) is 18.2 Å². The van der Waals surface area contributed by atoms with Gasteiger partial charge in [0.15, 0.2) is 0 Å². The van der Waals surface area contributed by atoms with E-state index in [1.165, 1.54) is 25.2 Å². The van der Waals surface area contributed by atoms with Gasteiger partial charge < -0.3 is 10.1 Å². The third-order valence-electron chi connectivity index (χ3n) is 5.66. The molecule has 1 aromatic rings. The highest BCUT2D eigenvalue weighted by Gasteiger charge is 2.50. The van der Waals surface area contributed by atoms with Crippen LogP contribution in [0.3, 0.4) is 0 Å². The Morgan fingerprint density at radius 3 is 2.81 bits per heavy atom. The number of hydrogen-bond donors (Lipinski definition) is 1. The van der Waals surface area contributed by atoms with Crippen molar-refractivity contribution in [3.05, 3.63) is 29.8 Å². The summed E-state index contributed by atoms with van der Waals surface area (Å²) in [6.07, 6.45) is 1.06. The van der Waals surface area contributed by atoms with Crippen LogP contribution in [0.25, 0.3) is 0 Å². The third kappa shape index (κ3) is 2.58. The molecule has 0 aliphatic carbocycles. The van der Waals surface area contributed by atoms with E-state index >= 15 is 0 Å². The Balaban J connectivity index is 1.75. The lowest BCUT2D eigenvalue weighted by Crippen LogP contribution is -2.49. The van der Waals surface area contributed by atoms with Crippen molar-refractivity contribution < 1.29 is 4.74 Å². The first-order valence-corrected chi connectivity index (χ1v) is 8.13. The van der Waals surface area contributed by atoms with Crippen molar-refractivity contribution in [1.82, 2.24) is 10.2 Å². The zero-order chi connectivity index (χ0) is 15.0. The van der Waals surface area contributed by atoms with Gasteiger partial charge in [0.1, 0.15) is 5.75 Å². The maximum Gasteiger partial charge on any atom is 0.122 e. The predicted octanol–water partition coefficient (Wildman–Crippen LogP) is 2.56. The van der Waals surface area contributed by atoms with Crippen LogP contribution in [0.2, 0.25) is 0 Å². The fourth-order valence-corrected chi connectivity index (χ4v) is 4.50. The van der Waals surface area contributed by atoms with Crippen molar-refractivity contribution in [2.24, 2.45) is 11.8 Å². The maximum absolute atomic E-state index is 5.51. The van der Waals surface area contributed by atoms with E-state index in [1.807, 2.05) is 6.07 Å². The van der Waals surface area contributed by atoms with Crippen LogP contribution in [0.5, 0.6) is 5.75 Å². The highest BCUT2D eigenvalue weighted by molar-refractivity contribution is 5.34. The quantitative estimate of drug-likeness (QED) is 0.921. The van der Waals surface area contributed by atoms with Gasteiger partial charge in [0.05, 0.1) is 7.11 Å². The van der Waals surface area contributed by atoms with E-state index in [9.17, 15) is 0 Å². The fraction of sp³-hybridized carbons (Fsp3) is 0.667. The number of fused-ring (bicyclic) bond motifs is 1.